The summed E-state index contributed by atoms with van der Waals surface area (Å²) in [6.45, 7) is 0. The van der Waals surface area contributed by atoms with Crippen LogP contribution in [0, 0.1) is 0 Å². The van der Waals surface area contributed by atoms with Crippen molar-refractivity contribution in [3.8, 4) is 17.2 Å². The highest BCUT2D eigenvalue weighted by atomic mass is 16.7. The lowest BCUT2D eigenvalue weighted by Crippen LogP contribution is -2.48. The van der Waals surface area contributed by atoms with Crippen LogP contribution in [0.25, 0.3) is 27.6 Å². The molecule has 7 nitrogen and oxygen atoms in total. The predicted octanol–water partition coefficient (Wildman–Crippen LogP) is 2.32. The summed E-state index contributed by atoms with van der Waals surface area (Å²) in [5, 5.41) is 42.4. The molecule has 1 heterocycles. The van der Waals surface area contributed by atoms with Crippen molar-refractivity contribution in [2.75, 3.05) is 0 Å². The number of carboxylic acid groups (broad SMARTS) is 1. The number of allylic oxidation sites excluding steroid dienone is 1. The third-order valence-corrected chi connectivity index (χ3v) is 5.18. The molecule has 1 atom stereocenters. The number of benzene rings is 3. The minimum absolute atomic E-state index is 0.128. The lowest BCUT2D eigenvalue weighted by atomic mass is 9.82. The van der Waals surface area contributed by atoms with Crippen molar-refractivity contribution in [1.29, 1.82) is 0 Å². The van der Waals surface area contributed by atoms with E-state index in [0.29, 0.717) is 32.7 Å². The molecule has 0 fully saturated rings. The molecule has 1 aliphatic carbocycles. The Morgan fingerprint density at radius 3 is 2.44 bits per heavy atom. The molecule has 2 aliphatic rings. The number of fused-ring (bicyclic) bond motifs is 2. The molecule has 134 valence electrons. The van der Waals surface area contributed by atoms with Crippen molar-refractivity contribution < 1.29 is 34.8 Å². The third-order valence-electron chi connectivity index (χ3n) is 5.18. The van der Waals surface area contributed by atoms with Gasteiger partial charge in [-0.25, -0.2) is 4.79 Å². The second-order valence-electron chi connectivity index (χ2n) is 6.68. The topological polar surface area (TPSA) is 124 Å². The third kappa shape index (κ3) is 1.83. The van der Waals surface area contributed by atoms with Gasteiger partial charge in [0.25, 0.3) is 0 Å². The zero-order valence-corrected chi connectivity index (χ0v) is 13.7. The average molecular weight is 364 g/mol. The Bertz CT molecular complexity index is 1250. The van der Waals surface area contributed by atoms with Crippen LogP contribution in [0.3, 0.4) is 0 Å². The number of aliphatic hydroxyl groups is 1. The van der Waals surface area contributed by atoms with Gasteiger partial charge in [-0.3, -0.25) is 4.79 Å². The van der Waals surface area contributed by atoms with Crippen LogP contribution < -0.4 is 4.74 Å². The highest BCUT2D eigenvalue weighted by molar-refractivity contribution is 6.26. The maximum absolute atomic E-state index is 12.3. The summed E-state index contributed by atoms with van der Waals surface area (Å²) in [5.41, 5.74) is 1.21. The first-order valence-electron chi connectivity index (χ1n) is 8.15. The maximum Gasteiger partial charge on any atom is 0.377 e. The fourth-order valence-corrected chi connectivity index (χ4v) is 4.00. The second-order valence-corrected chi connectivity index (χ2v) is 6.68. The lowest BCUT2D eigenvalue weighted by molar-refractivity contribution is -0.194. The van der Waals surface area contributed by atoms with Gasteiger partial charge in [0.05, 0.1) is 12.0 Å². The molecule has 3 aromatic rings. The summed E-state index contributed by atoms with van der Waals surface area (Å²) in [4.78, 5) is 23.9. The Morgan fingerprint density at radius 2 is 1.70 bits per heavy atom. The summed E-state index contributed by atoms with van der Waals surface area (Å²) in [7, 11) is 0. The van der Waals surface area contributed by atoms with Gasteiger partial charge in [0.15, 0.2) is 17.3 Å². The zero-order valence-electron chi connectivity index (χ0n) is 13.7. The van der Waals surface area contributed by atoms with Gasteiger partial charge in [0.1, 0.15) is 5.75 Å². The number of phenolic OH excluding ortho intramolecular Hbond substituents is 2. The molecule has 0 spiro atoms. The average Bonchev–Trinajstić information content (AvgIpc) is 2.63. The van der Waals surface area contributed by atoms with Crippen molar-refractivity contribution in [2.45, 2.75) is 12.2 Å². The Morgan fingerprint density at radius 1 is 1.00 bits per heavy atom. The Kier molecular flexibility index (Phi) is 2.77. The molecule has 0 amide bonds. The van der Waals surface area contributed by atoms with E-state index in [-0.39, 0.29) is 35.0 Å². The molecule has 27 heavy (non-hydrogen) atoms. The number of carbonyl (C=O) groups excluding carboxylic acids is 1. The molecular formula is C20H12O7. The first kappa shape index (κ1) is 15.7. The van der Waals surface area contributed by atoms with Crippen LogP contribution in [0.4, 0.5) is 0 Å². The quantitative estimate of drug-likeness (QED) is 0.489. The minimum atomic E-state index is -2.56. The molecular weight excluding hydrogens is 352 g/mol. The predicted molar refractivity (Wildman–Crippen MR) is 95.1 cm³/mol. The number of carbonyl (C=O) groups is 2. The molecule has 0 radical (unpaired) electrons. The van der Waals surface area contributed by atoms with Gasteiger partial charge >= 0.3 is 11.8 Å². The fourth-order valence-electron chi connectivity index (χ4n) is 4.00. The van der Waals surface area contributed by atoms with Crippen molar-refractivity contribution >= 4 is 39.4 Å². The smallest absolute Gasteiger partial charge is 0.377 e. The number of ether oxygens (including phenoxy) is 1. The van der Waals surface area contributed by atoms with Gasteiger partial charge in [-0.1, -0.05) is 6.07 Å². The molecule has 3 aromatic carbocycles. The number of carboxylic acids is 1. The van der Waals surface area contributed by atoms with Crippen molar-refractivity contribution in [2.24, 2.45) is 0 Å². The molecule has 5 rings (SSSR count). The standard InChI is InChI=1S/C20H12O7/c21-12-4-1-8-9-3-6-14(23)18-16(9)11(7-20(26,27-18)19(24)25)10-2-5-13(22)17(12)15(8)10/h1-6,22-23,26H,7H2,(H,24,25). The van der Waals surface area contributed by atoms with E-state index in [1.165, 1.54) is 18.2 Å². The van der Waals surface area contributed by atoms with Crippen LogP contribution in [0.15, 0.2) is 30.3 Å². The SMILES string of the molecule is O=C1C=Cc2c3ccc(O)c4c3c(c3ccc(O)c1c23)CC(O)(C(=O)O)O4. The first-order chi connectivity index (χ1) is 12.8. The molecule has 0 saturated heterocycles. The van der Waals surface area contributed by atoms with Gasteiger partial charge < -0.3 is 25.2 Å². The summed E-state index contributed by atoms with van der Waals surface area (Å²) < 4.78 is 5.29. The molecule has 4 N–H and O–H groups in total. The Balaban J connectivity index is 2.05. The summed E-state index contributed by atoms with van der Waals surface area (Å²) in [6, 6.07) is 5.90. The van der Waals surface area contributed by atoms with Gasteiger partial charge in [-0.2, -0.15) is 0 Å². The van der Waals surface area contributed by atoms with E-state index in [9.17, 15) is 30.0 Å². The molecule has 7 heteroatoms. The van der Waals surface area contributed by atoms with Crippen LogP contribution in [0.1, 0.15) is 21.5 Å². The zero-order chi connectivity index (χ0) is 19.1. The van der Waals surface area contributed by atoms with Gasteiger partial charge in [-0.05, 0) is 52.3 Å². The molecule has 0 saturated carbocycles. The van der Waals surface area contributed by atoms with E-state index in [2.05, 4.69) is 0 Å². The minimum Gasteiger partial charge on any atom is -0.507 e. The van der Waals surface area contributed by atoms with Crippen molar-refractivity contribution in [3.63, 3.8) is 0 Å². The number of aliphatic carboxylic acids is 1. The molecule has 1 aliphatic heterocycles. The Labute approximate surface area is 151 Å². The first-order valence-corrected chi connectivity index (χ1v) is 8.15. The van der Waals surface area contributed by atoms with E-state index in [0.717, 1.165) is 0 Å². The number of rotatable bonds is 1. The van der Waals surface area contributed by atoms with Crippen LogP contribution in [0.2, 0.25) is 0 Å². The van der Waals surface area contributed by atoms with E-state index in [4.69, 9.17) is 4.74 Å². The fraction of sp³-hybridized carbons (Fsp3) is 0.100. The number of ketones is 1. The number of hydrogen-bond donors (Lipinski definition) is 4. The van der Waals surface area contributed by atoms with E-state index in [1.54, 1.807) is 18.2 Å². The van der Waals surface area contributed by atoms with Crippen molar-refractivity contribution in [1.82, 2.24) is 0 Å². The van der Waals surface area contributed by atoms with Gasteiger partial charge in [0.2, 0.25) is 0 Å². The van der Waals surface area contributed by atoms with E-state index < -0.39 is 11.8 Å². The highest BCUT2D eigenvalue weighted by Crippen LogP contribution is 2.50. The highest BCUT2D eigenvalue weighted by Gasteiger charge is 2.45. The molecule has 0 aromatic heterocycles. The maximum atomic E-state index is 12.3. The number of phenols is 2. The van der Waals surface area contributed by atoms with E-state index in [1.807, 2.05) is 0 Å². The lowest BCUT2D eigenvalue weighted by Gasteiger charge is -2.33. The molecule has 0 bridgehead atoms. The summed E-state index contributed by atoms with van der Waals surface area (Å²) >= 11 is 0. The number of hydrogen-bond acceptors (Lipinski definition) is 6. The number of aromatic hydroxyl groups is 2. The van der Waals surface area contributed by atoms with Gasteiger partial charge in [0, 0.05) is 10.8 Å². The summed E-state index contributed by atoms with van der Waals surface area (Å²) in [5.74, 6) is -5.12. The monoisotopic (exact) mass is 364 g/mol. The summed E-state index contributed by atoms with van der Waals surface area (Å²) in [6.07, 6.45) is 2.59. The van der Waals surface area contributed by atoms with Crippen LogP contribution in [0.5, 0.6) is 17.2 Å². The van der Waals surface area contributed by atoms with E-state index >= 15 is 0 Å². The normalized spacial score (nSPS) is 20.1. The molecule has 1 unspecified atom stereocenters. The Hall–Kier alpha value is -3.58. The van der Waals surface area contributed by atoms with Crippen molar-refractivity contribution in [3.05, 3.63) is 47.0 Å². The van der Waals surface area contributed by atoms with Crippen LogP contribution in [-0.2, 0) is 11.2 Å². The van der Waals surface area contributed by atoms with Crippen LogP contribution in [-0.4, -0.2) is 38.0 Å². The van der Waals surface area contributed by atoms with Crippen LogP contribution >= 0.6 is 0 Å². The second kappa shape index (κ2) is 4.77. The van der Waals surface area contributed by atoms with Gasteiger partial charge in [-0.15, -0.1) is 0 Å². The largest absolute Gasteiger partial charge is 0.507 e.